The van der Waals surface area contributed by atoms with Gasteiger partial charge in [0.15, 0.2) is 0 Å². The van der Waals surface area contributed by atoms with Gasteiger partial charge in [-0.15, -0.1) is 0 Å². The number of amides is 2. The van der Waals surface area contributed by atoms with Gasteiger partial charge in [-0.3, -0.25) is 9.59 Å². The van der Waals surface area contributed by atoms with Crippen molar-refractivity contribution in [2.24, 2.45) is 11.8 Å². The maximum absolute atomic E-state index is 12.7. The predicted octanol–water partition coefficient (Wildman–Crippen LogP) is 2.12. The summed E-state index contributed by atoms with van der Waals surface area (Å²) in [5.74, 6) is -1.03. The fraction of sp³-hybridized carbons (Fsp3) is 0.333. The van der Waals surface area contributed by atoms with Crippen LogP contribution in [0, 0.1) is 15.4 Å². The Morgan fingerprint density at radius 3 is 2.70 bits per heavy atom. The molecule has 4 rings (SSSR count). The maximum atomic E-state index is 12.7. The zero-order valence-electron chi connectivity index (χ0n) is 10.7. The molecule has 4 atom stereocenters. The summed E-state index contributed by atoms with van der Waals surface area (Å²) in [5, 5.41) is 0. The van der Waals surface area contributed by atoms with Gasteiger partial charge in [0.25, 0.3) is 0 Å². The molecule has 0 saturated carbocycles. The second-order valence-corrected chi connectivity index (χ2v) is 6.75. The highest BCUT2D eigenvalue weighted by Crippen LogP contribution is 2.52. The quantitative estimate of drug-likeness (QED) is 0.426. The molecule has 0 spiro atoms. The Morgan fingerprint density at radius 2 is 2.00 bits per heavy atom. The first-order valence-corrected chi connectivity index (χ1v) is 7.60. The first-order valence-electron chi connectivity index (χ1n) is 6.52. The zero-order chi connectivity index (χ0) is 14.1. The molecule has 102 valence electrons. The van der Waals surface area contributed by atoms with Gasteiger partial charge >= 0.3 is 0 Å². The van der Waals surface area contributed by atoms with Crippen molar-refractivity contribution in [3.05, 3.63) is 40.0 Å². The van der Waals surface area contributed by atoms with Gasteiger partial charge in [0.1, 0.15) is 0 Å². The number of rotatable bonds is 1. The Balaban J connectivity index is 1.82. The molecule has 0 aliphatic carbocycles. The van der Waals surface area contributed by atoms with E-state index in [0.29, 0.717) is 5.69 Å². The summed E-state index contributed by atoms with van der Waals surface area (Å²) in [7, 11) is 0. The highest BCUT2D eigenvalue weighted by atomic mass is 127. The molecule has 1 aromatic rings. The van der Waals surface area contributed by atoms with Crippen molar-refractivity contribution in [2.45, 2.75) is 18.6 Å². The fourth-order valence-corrected chi connectivity index (χ4v) is 4.15. The van der Waals surface area contributed by atoms with E-state index in [-0.39, 0.29) is 29.8 Å². The van der Waals surface area contributed by atoms with Gasteiger partial charge in [-0.1, -0.05) is 24.3 Å². The number of hydrogen-bond acceptors (Lipinski definition) is 3. The van der Waals surface area contributed by atoms with Crippen LogP contribution in [0.2, 0.25) is 0 Å². The third-order valence-electron chi connectivity index (χ3n) is 4.42. The monoisotopic (exact) mass is 381 g/mol. The minimum Gasteiger partial charge on any atom is -0.362 e. The van der Waals surface area contributed by atoms with Gasteiger partial charge in [0, 0.05) is 3.57 Å². The van der Waals surface area contributed by atoms with Crippen molar-refractivity contribution < 1.29 is 14.3 Å². The molecule has 2 fully saturated rings. The van der Waals surface area contributed by atoms with E-state index in [1.807, 2.05) is 43.3 Å². The Kier molecular flexibility index (Phi) is 2.45. The van der Waals surface area contributed by atoms with E-state index in [9.17, 15) is 9.59 Å². The van der Waals surface area contributed by atoms with E-state index < -0.39 is 5.60 Å². The Morgan fingerprint density at radius 1 is 1.25 bits per heavy atom. The van der Waals surface area contributed by atoms with Crippen LogP contribution in [-0.4, -0.2) is 23.5 Å². The van der Waals surface area contributed by atoms with Crippen LogP contribution in [0.3, 0.4) is 0 Å². The highest BCUT2D eigenvalue weighted by Gasteiger charge is 2.66. The first kappa shape index (κ1) is 12.5. The van der Waals surface area contributed by atoms with E-state index >= 15 is 0 Å². The van der Waals surface area contributed by atoms with Crippen molar-refractivity contribution in [1.82, 2.24) is 0 Å². The summed E-state index contributed by atoms with van der Waals surface area (Å²) in [5.41, 5.74) is 0.0531. The second kappa shape index (κ2) is 3.92. The molecule has 1 aromatic carbocycles. The number of halogens is 1. The van der Waals surface area contributed by atoms with Gasteiger partial charge in [-0.25, -0.2) is 4.90 Å². The highest BCUT2D eigenvalue weighted by molar-refractivity contribution is 14.1. The topological polar surface area (TPSA) is 46.6 Å². The number of carbonyl (C=O) groups is 2. The molecule has 4 nitrogen and oxygen atoms in total. The number of anilines is 1. The van der Waals surface area contributed by atoms with Gasteiger partial charge in [-0.05, 0) is 41.6 Å². The van der Waals surface area contributed by atoms with Crippen LogP contribution in [0.25, 0.3) is 0 Å². The van der Waals surface area contributed by atoms with Crippen LogP contribution in [0.5, 0.6) is 0 Å². The lowest BCUT2D eigenvalue weighted by Crippen LogP contribution is -2.38. The smallest absolute Gasteiger partial charge is 0.241 e. The van der Waals surface area contributed by atoms with Crippen LogP contribution in [0.1, 0.15) is 6.92 Å². The lowest BCUT2D eigenvalue weighted by atomic mass is 9.78. The standard InChI is InChI=1S/C15H12INO3/c1-15-7-6-10(20-15)11-12(15)14(19)17(13(11)18)9-5-3-2-4-8(9)16/h2-7,10-12H,1H3/t10-,11+,12+,15+/m1/s1. The molecule has 2 amide bonds. The van der Waals surface area contributed by atoms with E-state index in [1.165, 1.54) is 4.90 Å². The molecule has 0 unspecified atom stereocenters. The van der Waals surface area contributed by atoms with Crippen molar-refractivity contribution in [2.75, 3.05) is 4.90 Å². The largest absolute Gasteiger partial charge is 0.362 e. The summed E-state index contributed by atoms with van der Waals surface area (Å²) < 4.78 is 6.70. The Labute approximate surface area is 129 Å². The number of fused-ring (bicyclic) bond motifs is 5. The number of benzene rings is 1. The minimum atomic E-state index is -0.628. The molecule has 0 aromatic heterocycles. The summed E-state index contributed by atoms with van der Waals surface area (Å²) >= 11 is 2.15. The molecule has 0 N–H and O–H groups in total. The molecule has 0 radical (unpaired) electrons. The molecule has 3 aliphatic rings. The minimum absolute atomic E-state index is 0.137. The van der Waals surface area contributed by atoms with Gasteiger partial charge in [-0.2, -0.15) is 0 Å². The lowest BCUT2D eigenvalue weighted by molar-refractivity contribution is -0.126. The summed E-state index contributed by atoms with van der Waals surface area (Å²) in [6.45, 7) is 1.89. The number of hydrogen-bond donors (Lipinski definition) is 0. The average Bonchev–Trinajstić information content (AvgIpc) is 3.01. The predicted molar refractivity (Wildman–Crippen MR) is 81.1 cm³/mol. The van der Waals surface area contributed by atoms with Gasteiger partial charge in [0.05, 0.1) is 29.2 Å². The third kappa shape index (κ3) is 1.39. The van der Waals surface area contributed by atoms with Crippen molar-refractivity contribution >= 4 is 40.1 Å². The summed E-state index contributed by atoms with van der Waals surface area (Å²) in [4.78, 5) is 26.7. The number of nitrogens with zero attached hydrogens (tertiary/aromatic N) is 1. The molecule has 2 saturated heterocycles. The van der Waals surface area contributed by atoms with Crippen LogP contribution >= 0.6 is 22.6 Å². The Hall–Kier alpha value is -1.21. The zero-order valence-corrected chi connectivity index (χ0v) is 12.9. The second-order valence-electron chi connectivity index (χ2n) is 5.59. The Bertz CT molecular complexity index is 671. The van der Waals surface area contributed by atoms with Crippen LogP contribution < -0.4 is 4.90 Å². The molecule has 5 heteroatoms. The van der Waals surface area contributed by atoms with Gasteiger partial charge < -0.3 is 4.74 Å². The van der Waals surface area contributed by atoms with E-state index in [0.717, 1.165) is 3.57 Å². The van der Waals surface area contributed by atoms with E-state index in [4.69, 9.17) is 4.74 Å². The third-order valence-corrected chi connectivity index (χ3v) is 5.33. The molecular formula is C15H12INO3. The normalized spacial score (nSPS) is 37.9. The summed E-state index contributed by atoms with van der Waals surface area (Å²) in [6, 6.07) is 7.46. The summed E-state index contributed by atoms with van der Waals surface area (Å²) in [6.07, 6.45) is 3.57. The van der Waals surface area contributed by atoms with E-state index in [1.54, 1.807) is 0 Å². The van der Waals surface area contributed by atoms with Crippen LogP contribution in [0.15, 0.2) is 36.4 Å². The number of ether oxygens (including phenoxy) is 1. The number of para-hydroxylation sites is 1. The van der Waals surface area contributed by atoms with Crippen molar-refractivity contribution in [1.29, 1.82) is 0 Å². The average molecular weight is 381 g/mol. The van der Waals surface area contributed by atoms with Crippen LogP contribution in [0.4, 0.5) is 5.69 Å². The molecule has 2 bridgehead atoms. The molecule has 3 aliphatic heterocycles. The van der Waals surface area contributed by atoms with Crippen molar-refractivity contribution in [3.8, 4) is 0 Å². The van der Waals surface area contributed by atoms with Crippen LogP contribution in [-0.2, 0) is 14.3 Å². The molecule has 20 heavy (non-hydrogen) atoms. The molecule has 3 heterocycles. The first-order chi connectivity index (χ1) is 9.53. The number of imide groups is 1. The SMILES string of the molecule is C[C@@]12C=C[C@@H](O1)[C@@H]1C(=O)N(c3ccccc3I)C(=O)[C@H]12. The molecular weight excluding hydrogens is 369 g/mol. The van der Waals surface area contributed by atoms with Gasteiger partial charge in [0.2, 0.25) is 11.8 Å². The van der Waals surface area contributed by atoms with E-state index in [2.05, 4.69) is 22.6 Å². The fourth-order valence-electron chi connectivity index (χ4n) is 3.52. The maximum Gasteiger partial charge on any atom is 0.241 e. The lowest BCUT2D eigenvalue weighted by Gasteiger charge is -2.24. The number of carbonyl (C=O) groups excluding carboxylic acids is 2. The van der Waals surface area contributed by atoms with Crippen molar-refractivity contribution in [3.63, 3.8) is 0 Å².